The molecule has 3 heteroatoms. The SMILES string of the molecule is CCCCCCCCCCNc1cccc(C(=O)NC)c1. The first-order valence-corrected chi connectivity index (χ1v) is 8.34. The van der Waals surface area contributed by atoms with E-state index in [1.54, 1.807) is 7.05 Å². The van der Waals surface area contributed by atoms with Crippen molar-refractivity contribution in [2.24, 2.45) is 0 Å². The van der Waals surface area contributed by atoms with Gasteiger partial charge in [-0.15, -0.1) is 0 Å². The lowest BCUT2D eigenvalue weighted by molar-refractivity contribution is 0.0963. The number of amides is 1. The van der Waals surface area contributed by atoms with Crippen molar-refractivity contribution in [3.63, 3.8) is 0 Å². The van der Waals surface area contributed by atoms with Crippen LogP contribution in [0, 0.1) is 0 Å². The number of benzene rings is 1. The summed E-state index contributed by atoms with van der Waals surface area (Å²) in [5.41, 5.74) is 1.73. The molecule has 0 aliphatic heterocycles. The Morgan fingerprint density at radius 2 is 1.67 bits per heavy atom. The van der Waals surface area contributed by atoms with Gasteiger partial charge in [-0.05, 0) is 24.6 Å². The molecule has 0 saturated carbocycles. The molecule has 0 bridgehead atoms. The lowest BCUT2D eigenvalue weighted by atomic mass is 10.1. The van der Waals surface area contributed by atoms with Crippen molar-refractivity contribution in [1.82, 2.24) is 5.32 Å². The van der Waals surface area contributed by atoms with Gasteiger partial charge in [0, 0.05) is 24.8 Å². The van der Waals surface area contributed by atoms with E-state index in [1.165, 1.54) is 51.4 Å². The first-order valence-electron chi connectivity index (χ1n) is 8.34. The summed E-state index contributed by atoms with van der Waals surface area (Å²) in [6, 6.07) is 7.67. The van der Waals surface area contributed by atoms with Crippen LogP contribution in [-0.2, 0) is 0 Å². The van der Waals surface area contributed by atoms with E-state index in [2.05, 4.69) is 17.6 Å². The summed E-state index contributed by atoms with van der Waals surface area (Å²) in [7, 11) is 1.66. The number of hydrogen-bond donors (Lipinski definition) is 2. The van der Waals surface area contributed by atoms with Crippen molar-refractivity contribution in [2.45, 2.75) is 58.3 Å². The minimum Gasteiger partial charge on any atom is -0.385 e. The first kappa shape index (κ1) is 17.5. The molecule has 1 aromatic carbocycles. The van der Waals surface area contributed by atoms with Gasteiger partial charge in [0.05, 0.1) is 0 Å². The fraction of sp³-hybridized carbons (Fsp3) is 0.611. The molecule has 0 unspecified atom stereocenters. The molecule has 0 aliphatic carbocycles. The van der Waals surface area contributed by atoms with Crippen LogP contribution in [0.4, 0.5) is 5.69 Å². The second-order valence-corrected chi connectivity index (χ2v) is 5.56. The van der Waals surface area contributed by atoms with Crippen molar-refractivity contribution in [2.75, 3.05) is 18.9 Å². The van der Waals surface area contributed by atoms with E-state index in [0.717, 1.165) is 12.2 Å². The highest BCUT2D eigenvalue weighted by molar-refractivity contribution is 5.94. The predicted molar refractivity (Wildman–Crippen MR) is 90.9 cm³/mol. The third-order valence-electron chi connectivity index (χ3n) is 3.71. The van der Waals surface area contributed by atoms with Gasteiger partial charge in [0.15, 0.2) is 0 Å². The van der Waals surface area contributed by atoms with Crippen molar-refractivity contribution < 1.29 is 4.79 Å². The maximum absolute atomic E-state index is 11.5. The molecule has 0 atom stereocenters. The number of rotatable bonds is 11. The van der Waals surface area contributed by atoms with Gasteiger partial charge in [0.2, 0.25) is 0 Å². The van der Waals surface area contributed by atoms with E-state index in [-0.39, 0.29) is 5.91 Å². The van der Waals surface area contributed by atoms with Crippen molar-refractivity contribution in [3.8, 4) is 0 Å². The van der Waals surface area contributed by atoms with Gasteiger partial charge in [-0.2, -0.15) is 0 Å². The molecular formula is C18H30N2O. The molecule has 0 saturated heterocycles. The molecule has 118 valence electrons. The second kappa shape index (κ2) is 11.2. The maximum atomic E-state index is 11.5. The van der Waals surface area contributed by atoms with Gasteiger partial charge in [-0.1, -0.05) is 57.9 Å². The summed E-state index contributed by atoms with van der Waals surface area (Å²) in [6.45, 7) is 3.23. The van der Waals surface area contributed by atoms with Crippen molar-refractivity contribution in [3.05, 3.63) is 29.8 Å². The van der Waals surface area contributed by atoms with Crippen LogP contribution in [0.3, 0.4) is 0 Å². The van der Waals surface area contributed by atoms with E-state index >= 15 is 0 Å². The van der Waals surface area contributed by atoms with Gasteiger partial charge >= 0.3 is 0 Å². The summed E-state index contributed by atoms with van der Waals surface area (Å²) in [4.78, 5) is 11.5. The smallest absolute Gasteiger partial charge is 0.251 e. The minimum atomic E-state index is -0.0364. The van der Waals surface area contributed by atoms with Crippen LogP contribution < -0.4 is 10.6 Å². The summed E-state index contributed by atoms with van der Waals surface area (Å²) >= 11 is 0. The van der Waals surface area contributed by atoms with Crippen LogP contribution in [-0.4, -0.2) is 19.5 Å². The lowest BCUT2D eigenvalue weighted by Gasteiger charge is -2.08. The number of unbranched alkanes of at least 4 members (excludes halogenated alkanes) is 7. The minimum absolute atomic E-state index is 0.0364. The zero-order valence-electron chi connectivity index (χ0n) is 13.6. The van der Waals surface area contributed by atoms with Gasteiger partial charge in [-0.25, -0.2) is 0 Å². The van der Waals surface area contributed by atoms with E-state index < -0.39 is 0 Å². The fourth-order valence-corrected chi connectivity index (χ4v) is 2.41. The molecule has 3 nitrogen and oxygen atoms in total. The number of carbonyl (C=O) groups is 1. The quantitative estimate of drug-likeness (QED) is 0.585. The predicted octanol–water partition coefficient (Wildman–Crippen LogP) is 4.60. The summed E-state index contributed by atoms with van der Waals surface area (Å²) in [5.74, 6) is -0.0364. The lowest BCUT2D eigenvalue weighted by Crippen LogP contribution is -2.17. The van der Waals surface area contributed by atoms with Crippen LogP contribution in [0.1, 0.15) is 68.6 Å². The molecule has 0 aliphatic rings. The maximum Gasteiger partial charge on any atom is 0.251 e. The zero-order valence-corrected chi connectivity index (χ0v) is 13.6. The van der Waals surface area contributed by atoms with E-state index in [0.29, 0.717) is 5.56 Å². The summed E-state index contributed by atoms with van der Waals surface area (Å²) < 4.78 is 0. The molecule has 0 spiro atoms. The number of carbonyl (C=O) groups excluding carboxylic acids is 1. The van der Waals surface area contributed by atoms with E-state index in [9.17, 15) is 4.79 Å². The van der Waals surface area contributed by atoms with Crippen LogP contribution in [0.15, 0.2) is 24.3 Å². The molecule has 0 radical (unpaired) electrons. The van der Waals surface area contributed by atoms with Crippen molar-refractivity contribution in [1.29, 1.82) is 0 Å². The Labute approximate surface area is 129 Å². The average Bonchev–Trinajstić information content (AvgIpc) is 2.53. The molecule has 1 rings (SSSR count). The van der Waals surface area contributed by atoms with Crippen LogP contribution in [0.2, 0.25) is 0 Å². The van der Waals surface area contributed by atoms with Gasteiger partial charge in [0.25, 0.3) is 5.91 Å². The van der Waals surface area contributed by atoms with Crippen LogP contribution in [0.5, 0.6) is 0 Å². The highest BCUT2D eigenvalue weighted by Gasteiger charge is 2.02. The Bertz CT molecular complexity index is 404. The number of anilines is 1. The molecule has 1 amide bonds. The number of nitrogens with one attached hydrogen (secondary N) is 2. The fourth-order valence-electron chi connectivity index (χ4n) is 2.41. The molecule has 2 N–H and O–H groups in total. The molecule has 1 aromatic rings. The van der Waals surface area contributed by atoms with Crippen LogP contribution in [0.25, 0.3) is 0 Å². The zero-order chi connectivity index (χ0) is 15.3. The Hall–Kier alpha value is -1.51. The first-order chi connectivity index (χ1) is 10.3. The Morgan fingerprint density at radius 3 is 2.33 bits per heavy atom. The summed E-state index contributed by atoms with van der Waals surface area (Å²) in [5, 5.41) is 6.04. The van der Waals surface area contributed by atoms with E-state index in [4.69, 9.17) is 0 Å². The van der Waals surface area contributed by atoms with Gasteiger partial charge in [-0.3, -0.25) is 4.79 Å². The summed E-state index contributed by atoms with van der Waals surface area (Å²) in [6.07, 6.45) is 10.7. The Kier molecular flexibility index (Phi) is 9.34. The normalized spacial score (nSPS) is 10.4. The molecule has 21 heavy (non-hydrogen) atoms. The standard InChI is InChI=1S/C18H30N2O/c1-3-4-5-6-7-8-9-10-14-20-17-13-11-12-16(15-17)18(21)19-2/h11-13,15,20H,3-10,14H2,1-2H3,(H,19,21). The largest absolute Gasteiger partial charge is 0.385 e. The molecule has 0 aromatic heterocycles. The van der Waals surface area contributed by atoms with Gasteiger partial charge < -0.3 is 10.6 Å². The highest BCUT2D eigenvalue weighted by Crippen LogP contribution is 2.12. The molecular weight excluding hydrogens is 260 g/mol. The van der Waals surface area contributed by atoms with Crippen LogP contribution >= 0.6 is 0 Å². The Morgan fingerprint density at radius 1 is 1.00 bits per heavy atom. The Balaban J connectivity index is 2.11. The van der Waals surface area contributed by atoms with Crippen molar-refractivity contribution >= 4 is 11.6 Å². The second-order valence-electron chi connectivity index (χ2n) is 5.56. The topological polar surface area (TPSA) is 41.1 Å². The van der Waals surface area contributed by atoms with E-state index in [1.807, 2.05) is 24.3 Å². The molecule has 0 heterocycles. The molecule has 0 fully saturated rings. The number of hydrogen-bond acceptors (Lipinski definition) is 2. The average molecular weight is 290 g/mol. The highest BCUT2D eigenvalue weighted by atomic mass is 16.1. The third kappa shape index (κ3) is 7.74. The van der Waals surface area contributed by atoms with Gasteiger partial charge in [0.1, 0.15) is 0 Å². The monoisotopic (exact) mass is 290 g/mol. The third-order valence-corrected chi connectivity index (χ3v) is 3.71.